The molecule has 0 saturated carbocycles. The minimum atomic E-state index is -0.0283. The third-order valence-corrected chi connectivity index (χ3v) is 5.63. The molecule has 6 nitrogen and oxygen atoms in total. The molecule has 0 N–H and O–H groups in total. The summed E-state index contributed by atoms with van der Waals surface area (Å²) in [6.45, 7) is 0.735. The van der Waals surface area contributed by atoms with Crippen molar-refractivity contribution >= 4 is 28.1 Å². The average Bonchev–Trinajstić information content (AvgIpc) is 3.41. The zero-order valence-electron chi connectivity index (χ0n) is 16.6. The second-order valence-electron chi connectivity index (χ2n) is 7.76. The number of aromatic nitrogens is 3. The van der Waals surface area contributed by atoms with Crippen molar-refractivity contribution in [2.24, 2.45) is 0 Å². The Bertz CT molecular complexity index is 1210. The Labute approximate surface area is 169 Å². The van der Waals surface area contributed by atoms with E-state index in [1.807, 2.05) is 66.5 Å². The lowest BCUT2D eigenvalue weighted by atomic mass is 10.1. The van der Waals surface area contributed by atoms with E-state index >= 15 is 0 Å². The number of hydrogen-bond acceptors (Lipinski definition) is 4. The maximum Gasteiger partial charge on any atom is 0.256 e. The fourth-order valence-corrected chi connectivity index (χ4v) is 4.21. The Balaban J connectivity index is 1.52. The number of amides is 1. The molecule has 1 saturated heterocycles. The van der Waals surface area contributed by atoms with E-state index in [4.69, 9.17) is 4.98 Å². The summed E-state index contributed by atoms with van der Waals surface area (Å²) in [5, 5.41) is 0.982. The van der Waals surface area contributed by atoms with Crippen molar-refractivity contribution < 1.29 is 4.79 Å². The van der Waals surface area contributed by atoms with Crippen LogP contribution >= 0.6 is 0 Å². The Hall–Kier alpha value is -3.41. The normalized spacial score (nSPS) is 16.6. The van der Waals surface area contributed by atoms with Gasteiger partial charge in [-0.1, -0.05) is 18.2 Å². The number of anilines is 1. The van der Waals surface area contributed by atoms with Crippen molar-refractivity contribution in [3.63, 3.8) is 0 Å². The first-order valence-electron chi connectivity index (χ1n) is 9.92. The predicted octanol–water partition coefficient (Wildman–Crippen LogP) is 3.93. The average molecular weight is 385 g/mol. The maximum atomic E-state index is 13.3. The number of carbonyl (C=O) groups excluding carboxylic acids is 1. The number of carbonyl (C=O) groups is 1. The molecule has 0 bridgehead atoms. The molecule has 6 heteroatoms. The van der Waals surface area contributed by atoms with Gasteiger partial charge in [-0.3, -0.25) is 9.78 Å². The molecule has 1 aromatic carbocycles. The first kappa shape index (κ1) is 17.7. The van der Waals surface area contributed by atoms with Gasteiger partial charge in [-0.05, 0) is 37.1 Å². The van der Waals surface area contributed by atoms with Gasteiger partial charge in [0.05, 0.1) is 28.3 Å². The van der Waals surface area contributed by atoms with Crippen LogP contribution in [-0.2, 0) is 0 Å². The van der Waals surface area contributed by atoms with Gasteiger partial charge in [0, 0.05) is 44.6 Å². The molecule has 4 aromatic rings. The Morgan fingerprint density at radius 3 is 2.90 bits per heavy atom. The fraction of sp³-hybridized carbons (Fsp3) is 0.261. The highest BCUT2D eigenvalue weighted by Gasteiger charge is 2.32. The van der Waals surface area contributed by atoms with E-state index in [2.05, 4.69) is 21.6 Å². The SMILES string of the molecule is CN(C)c1nc([C@@H]2CCCN2C(=O)c2cnc3ccccc3c2)cn2cccc12. The Morgan fingerprint density at radius 1 is 1.17 bits per heavy atom. The largest absolute Gasteiger partial charge is 0.361 e. The van der Waals surface area contributed by atoms with Crippen LogP contribution in [0.4, 0.5) is 5.82 Å². The zero-order chi connectivity index (χ0) is 20.0. The van der Waals surface area contributed by atoms with Crippen molar-refractivity contribution in [3.05, 3.63) is 72.3 Å². The molecule has 4 heterocycles. The third-order valence-electron chi connectivity index (χ3n) is 5.63. The lowest BCUT2D eigenvalue weighted by Crippen LogP contribution is -2.31. The standard InChI is InChI=1S/C23H23N5O/c1-26(2)22-21-10-5-11-27(21)15-19(25-22)20-9-6-12-28(20)23(29)17-13-16-7-3-4-8-18(16)24-14-17/h3-5,7-8,10-11,13-15,20H,6,9,12H2,1-2H3/t20-/m0/s1. The number of nitrogens with zero attached hydrogens (tertiary/aromatic N) is 5. The Morgan fingerprint density at radius 2 is 2.03 bits per heavy atom. The number of para-hydroxylation sites is 1. The van der Waals surface area contributed by atoms with Crippen molar-refractivity contribution in [2.45, 2.75) is 18.9 Å². The quantitative estimate of drug-likeness (QED) is 0.536. The molecular formula is C23H23N5O. The molecule has 3 aromatic heterocycles. The molecule has 0 radical (unpaired) electrons. The number of hydrogen-bond donors (Lipinski definition) is 0. The van der Waals surface area contributed by atoms with E-state index in [1.165, 1.54) is 0 Å². The Kier molecular flexibility index (Phi) is 4.19. The summed E-state index contributed by atoms with van der Waals surface area (Å²) in [4.78, 5) is 26.7. The van der Waals surface area contributed by atoms with Crippen LogP contribution < -0.4 is 4.90 Å². The number of fused-ring (bicyclic) bond motifs is 2. The molecule has 1 atom stereocenters. The number of rotatable bonds is 3. The van der Waals surface area contributed by atoms with Crippen molar-refractivity contribution in [1.29, 1.82) is 0 Å². The summed E-state index contributed by atoms with van der Waals surface area (Å²) in [5.41, 5.74) is 3.52. The number of likely N-dealkylation sites (tertiary alicyclic amines) is 1. The monoisotopic (exact) mass is 385 g/mol. The maximum absolute atomic E-state index is 13.3. The highest BCUT2D eigenvalue weighted by atomic mass is 16.2. The molecule has 1 aliphatic heterocycles. The van der Waals surface area contributed by atoms with Gasteiger partial charge in [0.2, 0.25) is 0 Å². The van der Waals surface area contributed by atoms with Gasteiger partial charge in [0.1, 0.15) is 0 Å². The summed E-state index contributed by atoms with van der Waals surface area (Å²) < 4.78 is 2.09. The van der Waals surface area contributed by atoms with E-state index < -0.39 is 0 Å². The molecule has 0 aliphatic carbocycles. The van der Waals surface area contributed by atoms with Crippen LogP contribution in [0.5, 0.6) is 0 Å². The molecule has 1 amide bonds. The first-order chi connectivity index (χ1) is 14.1. The molecular weight excluding hydrogens is 362 g/mol. The van der Waals surface area contributed by atoms with Crippen LogP contribution in [0.3, 0.4) is 0 Å². The molecule has 29 heavy (non-hydrogen) atoms. The van der Waals surface area contributed by atoms with Crippen LogP contribution in [0.1, 0.15) is 34.9 Å². The van der Waals surface area contributed by atoms with E-state index in [0.29, 0.717) is 5.56 Å². The molecule has 1 fully saturated rings. The smallest absolute Gasteiger partial charge is 0.256 e. The van der Waals surface area contributed by atoms with Gasteiger partial charge in [0.15, 0.2) is 5.82 Å². The van der Waals surface area contributed by atoms with Gasteiger partial charge in [0.25, 0.3) is 5.91 Å². The summed E-state index contributed by atoms with van der Waals surface area (Å²) in [6, 6.07) is 13.9. The van der Waals surface area contributed by atoms with Crippen LogP contribution in [0.25, 0.3) is 16.4 Å². The van der Waals surface area contributed by atoms with Crippen LogP contribution in [0, 0.1) is 0 Å². The minimum absolute atomic E-state index is 0.0200. The highest BCUT2D eigenvalue weighted by Crippen LogP contribution is 2.34. The molecule has 0 unspecified atom stereocenters. The molecule has 1 aliphatic rings. The molecule has 146 valence electrons. The van der Waals surface area contributed by atoms with Gasteiger partial charge in [-0.15, -0.1) is 0 Å². The third kappa shape index (κ3) is 3.01. The minimum Gasteiger partial charge on any atom is -0.361 e. The topological polar surface area (TPSA) is 53.7 Å². The predicted molar refractivity (Wildman–Crippen MR) is 114 cm³/mol. The summed E-state index contributed by atoms with van der Waals surface area (Å²) >= 11 is 0. The number of benzene rings is 1. The summed E-state index contributed by atoms with van der Waals surface area (Å²) in [5.74, 6) is 0.936. The van der Waals surface area contributed by atoms with Crippen molar-refractivity contribution in [3.8, 4) is 0 Å². The van der Waals surface area contributed by atoms with Gasteiger partial charge in [-0.25, -0.2) is 4.98 Å². The lowest BCUT2D eigenvalue weighted by molar-refractivity contribution is 0.0732. The van der Waals surface area contributed by atoms with Gasteiger partial charge in [-0.2, -0.15) is 0 Å². The first-order valence-corrected chi connectivity index (χ1v) is 9.92. The van der Waals surface area contributed by atoms with E-state index in [1.54, 1.807) is 6.20 Å². The van der Waals surface area contributed by atoms with Crippen LogP contribution in [-0.4, -0.2) is 45.8 Å². The summed E-state index contributed by atoms with van der Waals surface area (Å²) in [6.07, 6.45) is 7.66. The highest BCUT2D eigenvalue weighted by molar-refractivity contribution is 5.97. The zero-order valence-corrected chi connectivity index (χ0v) is 16.6. The van der Waals surface area contributed by atoms with Crippen molar-refractivity contribution in [2.75, 3.05) is 25.5 Å². The second-order valence-corrected chi connectivity index (χ2v) is 7.76. The number of pyridine rings is 1. The van der Waals surface area contributed by atoms with Crippen LogP contribution in [0.2, 0.25) is 0 Å². The van der Waals surface area contributed by atoms with E-state index in [0.717, 1.165) is 47.3 Å². The van der Waals surface area contributed by atoms with Gasteiger partial charge < -0.3 is 14.2 Å². The lowest BCUT2D eigenvalue weighted by Gasteiger charge is -2.26. The second kappa shape index (κ2) is 6.88. The van der Waals surface area contributed by atoms with Crippen molar-refractivity contribution in [1.82, 2.24) is 19.3 Å². The van der Waals surface area contributed by atoms with Gasteiger partial charge >= 0.3 is 0 Å². The van der Waals surface area contributed by atoms with E-state index in [9.17, 15) is 4.79 Å². The molecule has 0 spiro atoms. The van der Waals surface area contributed by atoms with Crippen LogP contribution in [0.15, 0.2) is 61.1 Å². The van der Waals surface area contributed by atoms with E-state index in [-0.39, 0.29) is 11.9 Å². The fourth-order valence-electron chi connectivity index (χ4n) is 4.21. The molecule has 5 rings (SSSR count). The summed E-state index contributed by atoms with van der Waals surface area (Å²) in [7, 11) is 3.99.